The molecule has 0 unspecified atom stereocenters. The number of carboxylic acid groups (broad SMARTS) is 1. The lowest BCUT2D eigenvalue weighted by Crippen LogP contribution is -2.31. The number of rotatable bonds is 13. The lowest BCUT2D eigenvalue weighted by Gasteiger charge is -2.09. The highest BCUT2D eigenvalue weighted by molar-refractivity contribution is 7.90. The molecule has 368 valence electrons. The molecule has 4 heterocycles. The van der Waals surface area contributed by atoms with Gasteiger partial charge in [0.15, 0.2) is 11.6 Å². The monoisotopic (exact) mass is 1030 g/mol. The van der Waals surface area contributed by atoms with Gasteiger partial charge in [0.1, 0.15) is 21.9 Å². The third kappa shape index (κ3) is 11.6. The standard InChI is InChI=1S/C23H24ClFN4O4S.C17H20ClN3O3.C6H6FNO2S/c1-22(2)17(23(22,3)4)13-33-19-10-11-29(27-19)18-9-8-16(20(24)26-18)21(30)28-34(31,32)15-7-5-6-14(25)12-15;1-16(2)11(17(16,3)4)9-24-13-7-8-21(20-13)12-6-5-10(15(22)23)14(18)19-12;7-5-2-1-3-6(4-5)11(8,9)10/h5-12,17H,13H2,1-4H3,(H,28,30);5-8,11H,9H2,1-4H3,(H,22,23);1-4H,(H2,8,9,10). The Labute approximate surface area is 408 Å². The number of carboxylic acids is 1. The van der Waals surface area contributed by atoms with Gasteiger partial charge in [-0.15, -0.1) is 10.2 Å². The van der Waals surface area contributed by atoms with E-state index in [9.17, 15) is 35.2 Å². The fourth-order valence-electron chi connectivity index (χ4n) is 7.81. The highest BCUT2D eigenvalue weighted by Crippen LogP contribution is 2.69. The van der Waals surface area contributed by atoms with Gasteiger partial charge in [0.25, 0.3) is 15.9 Å². The Kier molecular flexibility index (Phi) is 14.7. The molecule has 0 radical (unpaired) electrons. The molecule has 2 saturated carbocycles. The van der Waals surface area contributed by atoms with Crippen LogP contribution in [0.5, 0.6) is 11.8 Å². The fraction of sp³-hybridized carbons (Fsp3) is 0.348. The van der Waals surface area contributed by atoms with Gasteiger partial charge in [-0.25, -0.2) is 59.6 Å². The van der Waals surface area contributed by atoms with Crippen LogP contribution in [0.1, 0.15) is 76.1 Å². The predicted molar refractivity (Wildman–Crippen MR) is 252 cm³/mol. The van der Waals surface area contributed by atoms with Crippen LogP contribution in [-0.2, 0) is 20.0 Å². The number of hydrogen-bond donors (Lipinski definition) is 3. The summed E-state index contributed by atoms with van der Waals surface area (Å²) in [6.45, 7) is 19.0. The van der Waals surface area contributed by atoms with E-state index in [0.29, 0.717) is 48.4 Å². The topological polar surface area (TPSA) is 241 Å². The Hall–Kier alpha value is -6.00. The van der Waals surface area contributed by atoms with E-state index in [2.05, 4.69) is 75.6 Å². The molecule has 0 saturated heterocycles. The molecule has 2 aromatic carbocycles. The number of nitrogens with zero attached hydrogens (tertiary/aromatic N) is 6. The zero-order chi connectivity index (χ0) is 51.1. The first-order valence-electron chi connectivity index (χ1n) is 21.0. The molecule has 0 bridgehead atoms. The van der Waals surface area contributed by atoms with Gasteiger partial charge in [0.2, 0.25) is 21.8 Å². The smallest absolute Gasteiger partial charge is 0.338 e. The molecule has 0 spiro atoms. The summed E-state index contributed by atoms with van der Waals surface area (Å²) in [7, 11) is -8.06. The van der Waals surface area contributed by atoms with Crippen molar-refractivity contribution in [2.45, 2.75) is 65.2 Å². The number of halogens is 4. The van der Waals surface area contributed by atoms with Crippen molar-refractivity contribution >= 4 is 55.1 Å². The molecule has 69 heavy (non-hydrogen) atoms. The minimum Gasteiger partial charge on any atom is -0.478 e. The van der Waals surface area contributed by atoms with Gasteiger partial charge in [0.05, 0.1) is 34.1 Å². The lowest BCUT2D eigenvalue weighted by atomic mass is 10.0. The van der Waals surface area contributed by atoms with E-state index in [4.69, 9.17) is 42.9 Å². The van der Waals surface area contributed by atoms with Crippen LogP contribution in [0.4, 0.5) is 8.78 Å². The Morgan fingerprint density at radius 2 is 1.07 bits per heavy atom. The number of pyridine rings is 2. The van der Waals surface area contributed by atoms with Crippen LogP contribution in [0.3, 0.4) is 0 Å². The summed E-state index contributed by atoms with van der Waals surface area (Å²) < 4.78 is 88.2. The first-order valence-corrected chi connectivity index (χ1v) is 24.8. The van der Waals surface area contributed by atoms with Crippen LogP contribution in [0, 0.1) is 45.1 Å². The number of nitrogens with one attached hydrogen (secondary N) is 1. The third-order valence-electron chi connectivity index (χ3n) is 13.6. The van der Waals surface area contributed by atoms with E-state index in [1.54, 1.807) is 30.6 Å². The maximum Gasteiger partial charge on any atom is 0.338 e. The summed E-state index contributed by atoms with van der Waals surface area (Å²) in [5, 5.41) is 22.1. The molecule has 2 aliphatic rings. The summed E-state index contributed by atoms with van der Waals surface area (Å²) >= 11 is 12.0. The Bertz CT molecular complexity index is 3120. The van der Waals surface area contributed by atoms with Crippen LogP contribution in [0.2, 0.25) is 10.3 Å². The summed E-state index contributed by atoms with van der Waals surface area (Å²) in [6.07, 6.45) is 3.35. The summed E-state index contributed by atoms with van der Waals surface area (Å²) in [6, 6.07) is 18.1. The number of sulfonamides is 2. The zero-order valence-corrected chi connectivity index (χ0v) is 41.8. The maximum absolute atomic E-state index is 13.4. The van der Waals surface area contributed by atoms with E-state index in [-0.39, 0.29) is 52.9 Å². The van der Waals surface area contributed by atoms with Crippen molar-refractivity contribution < 1.29 is 49.8 Å². The van der Waals surface area contributed by atoms with Crippen molar-refractivity contribution in [2.24, 2.45) is 38.6 Å². The molecule has 1 amide bonds. The number of aromatic carboxylic acids is 1. The molecule has 17 nitrogen and oxygen atoms in total. The molecule has 23 heteroatoms. The average Bonchev–Trinajstić information content (AvgIpc) is 3.66. The second kappa shape index (κ2) is 19.4. The number of carbonyl (C=O) groups excluding carboxylic acids is 1. The van der Waals surface area contributed by atoms with E-state index in [1.165, 1.54) is 51.8 Å². The molecule has 6 aromatic rings. The van der Waals surface area contributed by atoms with E-state index in [0.717, 1.165) is 24.3 Å². The Morgan fingerprint density at radius 3 is 1.43 bits per heavy atom. The Balaban J connectivity index is 0.000000193. The average molecular weight is 1030 g/mol. The van der Waals surface area contributed by atoms with Gasteiger partial charge >= 0.3 is 5.97 Å². The van der Waals surface area contributed by atoms with Gasteiger partial charge in [-0.05, 0) is 82.3 Å². The predicted octanol–water partition coefficient (Wildman–Crippen LogP) is 8.39. The largest absolute Gasteiger partial charge is 0.478 e. The minimum atomic E-state index is -4.29. The second-order valence-corrected chi connectivity index (χ2v) is 22.5. The molecule has 4 N–H and O–H groups in total. The fourth-order valence-corrected chi connectivity index (χ4v) is 9.82. The summed E-state index contributed by atoms with van der Waals surface area (Å²) in [5.74, 6) is -0.873. The van der Waals surface area contributed by atoms with E-state index in [1.807, 2.05) is 4.72 Å². The number of ether oxygens (including phenoxy) is 2. The molecule has 0 atom stereocenters. The number of benzene rings is 2. The highest BCUT2D eigenvalue weighted by Gasteiger charge is 2.65. The highest BCUT2D eigenvalue weighted by atomic mass is 35.5. The molecule has 2 aliphatic carbocycles. The number of amides is 1. The Morgan fingerprint density at radius 1 is 0.667 bits per heavy atom. The molecule has 8 rings (SSSR count). The number of aromatic nitrogens is 6. The first-order chi connectivity index (χ1) is 32.0. The number of carbonyl (C=O) groups is 2. The lowest BCUT2D eigenvalue weighted by molar-refractivity contribution is 0.0696. The first kappa shape index (κ1) is 52.4. The zero-order valence-electron chi connectivity index (χ0n) is 38.6. The summed E-state index contributed by atoms with van der Waals surface area (Å²) in [5.41, 5.74) is 0.718. The second-order valence-electron chi connectivity index (χ2n) is 18.5. The van der Waals surface area contributed by atoms with Crippen molar-refractivity contribution in [2.75, 3.05) is 13.2 Å². The normalized spacial score (nSPS) is 16.5. The van der Waals surface area contributed by atoms with E-state index < -0.39 is 43.6 Å². The molecular weight excluding hydrogens is 982 g/mol. The van der Waals surface area contributed by atoms with Gasteiger partial charge < -0.3 is 14.6 Å². The third-order valence-corrected chi connectivity index (χ3v) is 16.5. The SMILES string of the molecule is CC1(C)C(COc2ccn(-c3ccc(C(=O)NS(=O)(=O)c4cccc(F)c4)c(Cl)n3)n2)C1(C)C.CC1(C)C(COc2ccn(-c3ccc(C(=O)O)c(Cl)n3)n2)C1(C)C.NS(=O)(=O)c1cccc(F)c1. The van der Waals surface area contributed by atoms with Gasteiger partial charge in [0, 0.05) is 36.4 Å². The quantitative estimate of drug-likeness (QED) is 0.0922. The number of primary sulfonamides is 1. The van der Waals surface area contributed by atoms with Gasteiger partial charge in [-0.2, -0.15) is 0 Å². The van der Waals surface area contributed by atoms with Crippen LogP contribution in [0.25, 0.3) is 11.6 Å². The van der Waals surface area contributed by atoms with Gasteiger partial charge in [-0.1, -0.05) is 90.7 Å². The molecular formula is C46H50Cl2F2N8O9S2. The summed E-state index contributed by atoms with van der Waals surface area (Å²) in [4.78, 5) is 31.1. The van der Waals surface area contributed by atoms with Crippen LogP contribution in [-0.4, -0.2) is 76.6 Å². The van der Waals surface area contributed by atoms with Crippen molar-refractivity contribution in [1.29, 1.82) is 0 Å². The van der Waals surface area contributed by atoms with Crippen molar-refractivity contribution in [1.82, 2.24) is 34.3 Å². The molecule has 0 aliphatic heterocycles. The van der Waals surface area contributed by atoms with Crippen LogP contribution >= 0.6 is 23.2 Å². The van der Waals surface area contributed by atoms with Gasteiger partial charge in [-0.3, -0.25) is 4.79 Å². The minimum absolute atomic E-state index is 0.0396. The van der Waals surface area contributed by atoms with Crippen molar-refractivity contribution in [3.63, 3.8) is 0 Å². The van der Waals surface area contributed by atoms with Crippen LogP contribution < -0.4 is 19.3 Å². The van der Waals surface area contributed by atoms with Crippen molar-refractivity contribution in [3.8, 4) is 23.4 Å². The van der Waals surface area contributed by atoms with Crippen LogP contribution in [0.15, 0.2) is 107 Å². The maximum atomic E-state index is 13.4. The number of nitrogens with two attached hydrogens (primary N) is 1. The molecule has 2 fully saturated rings. The van der Waals surface area contributed by atoms with Crippen molar-refractivity contribution in [3.05, 3.63) is 130 Å². The van der Waals surface area contributed by atoms with E-state index >= 15 is 0 Å². The number of hydrogen-bond acceptors (Lipinski definition) is 12. The molecule has 4 aromatic heterocycles.